The fourth-order valence-electron chi connectivity index (χ4n) is 2.48. The summed E-state index contributed by atoms with van der Waals surface area (Å²) >= 11 is 5.98. The Kier molecular flexibility index (Phi) is 7.41. The Balaban J connectivity index is 0.000000345. The van der Waals surface area contributed by atoms with Gasteiger partial charge in [-0.3, -0.25) is 4.90 Å². The molecule has 0 saturated carbocycles. The molecule has 28 heavy (non-hydrogen) atoms. The summed E-state index contributed by atoms with van der Waals surface area (Å²) in [5.74, 6) is -1.68. The lowest BCUT2D eigenvalue weighted by molar-refractivity contribution is -0.192. The zero-order valence-electron chi connectivity index (χ0n) is 14.6. The lowest BCUT2D eigenvalue weighted by Gasteiger charge is -2.34. The van der Waals surface area contributed by atoms with E-state index in [0.717, 1.165) is 37.7 Å². The molecule has 1 aliphatic rings. The summed E-state index contributed by atoms with van der Waals surface area (Å²) in [5.41, 5.74) is 0.868. The van der Waals surface area contributed by atoms with Crippen LogP contribution >= 0.6 is 11.6 Å². The molecule has 0 unspecified atom stereocenters. The molecular weight excluding hydrogens is 401 g/mol. The molecule has 0 amide bonds. The number of carboxylic acid groups (broad SMARTS) is 1. The number of piperazine rings is 1. The van der Waals surface area contributed by atoms with Crippen LogP contribution in [0.15, 0.2) is 36.7 Å². The van der Waals surface area contributed by atoms with Gasteiger partial charge in [0.1, 0.15) is 5.75 Å². The van der Waals surface area contributed by atoms with Crippen LogP contribution in [0.5, 0.6) is 5.75 Å². The van der Waals surface area contributed by atoms with Gasteiger partial charge in [0.15, 0.2) is 0 Å². The molecule has 2 N–H and O–H groups in total. The van der Waals surface area contributed by atoms with Crippen LogP contribution in [0.3, 0.4) is 0 Å². The minimum absolute atomic E-state index is 0.299. The van der Waals surface area contributed by atoms with Gasteiger partial charge in [-0.25, -0.2) is 14.8 Å². The van der Waals surface area contributed by atoms with Gasteiger partial charge < -0.3 is 15.1 Å². The Morgan fingerprint density at radius 2 is 1.71 bits per heavy atom. The minimum Gasteiger partial charge on any atom is -0.508 e. The number of benzene rings is 1. The molecule has 1 fully saturated rings. The molecule has 11 heteroatoms. The molecule has 1 aromatic heterocycles. The smallest absolute Gasteiger partial charge is 0.490 e. The Morgan fingerprint density at radius 3 is 2.25 bits per heavy atom. The van der Waals surface area contributed by atoms with Gasteiger partial charge in [0.25, 0.3) is 0 Å². The quantitative estimate of drug-likeness (QED) is 0.792. The van der Waals surface area contributed by atoms with E-state index in [-0.39, 0.29) is 0 Å². The van der Waals surface area contributed by atoms with Crippen molar-refractivity contribution < 1.29 is 28.2 Å². The lowest BCUT2D eigenvalue weighted by Crippen LogP contribution is -2.46. The van der Waals surface area contributed by atoms with E-state index in [0.29, 0.717) is 17.3 Å². The Labute approximate surface area is 164 Å². The largest absolute Gasteiger partial charge is 0.508 e. The van der Waals surface area contributed by atoms with Gasteiger partial charge in [-0.15, -0.1) is 0 Å². The van der Waals surface area contributed by atoms with Crippen molar-refractivity contribution in [3.05, 3.63) is 47.2 Å². The summed E-state index contributed by atoms with van der Waals surface area (Å²) in [4.78, 5) is 21.9. The predicted molar refractivity (Wildman–Crippen MR) is 96.3 cm³/mol. The molecule has 2 aromatic rings. The zero-order valence-corrected chi connectivity index (χ0v) is 15.4. The Bertz CT molecular complexity index is 785. The normalized spacial score (nSPS) is 14.9. The molecular formula is C17H18ClF3N4O3. The van der Waals surface area contributed by atoms with Gasteiger partial charge in [-0.1, -0.05) is 11.6 Å². The van der Waals surface area contributed by atoms with Crippen LogP contribution in [0.4, 0.5) is 19.1 Å². The van der Waals surface area contributed by atoms with Crippen LogP contribution < -0.4 is 4.90 Å². The first-order chi connectivity index (χ1) is 13.2. The van der Waals surface area contributed by atoms with Gasteiger partial charge in [-0.2, -0.15) is 13.2 Å². The van der Waals surface area contributed by atoms with E-state index in [1.165, 1.54) is 0 Å². The topological polar surface area (TPSA) is 89.8 Å². The van der Waals surface area contributed by atoms with Gasteiger partial charge >= 0.3 is 12.1 Å². The number of hydrogen-bond acceptors (Lipinski definition) is 6. The van der Waals surface area contributed by atoms with E-state index in [2.05, 4.69) is 19.8 Å². The number of carbonyl (C=O) groups is 1. The van der Waals surface area contributed by atoms with Crippen molar-refractivity contribution in [1.82, 2.24) is 14.9 Å². The highest BCUT2D eigenvalue weighted by Crippen LogP contribution is 2.23. The molecule has 0 spiro atoms. The number of halogens is 4. The molecule has 1 aromatic carbocycles. The maximum absolute atomic E-state index is 10.6. The van der Waals surface area contributed by atoms with Crippen LogP contribution in [-0.4, -0.2) is 63.4 Å². The zero-order chi connectivity index (χ0) is 20.7. The van der Waals surface area contributed by atoms with Crippen molar-refractivity contribution in [2.75, 3.05) is 31.1 Å². The van der Waals surface area contributed by atoms with Gasteiger partial charge in [0, 0.05) is 55.7 Å². The molecule has 2 heterocycles. The lowest BCUT2D eigenvalue weighted by atomic mass is 10.1. The molecule has 0 radical (unpaired) electrons. The average Bonchev–Trinajstić information content (AvgIpc) is 2.66. The standard InChI is InChI=1S/C15H17ClN4O.C2HF3O2/c16-13-2-3-14(21)12(10-13)11-19-6-8-20(9-7-19)15-17-4-1-5-18-15;3-2(4,5)1(6)7/h1-5,10,21H,6-9,11H2;(H,6,7). The summed E-state index contributed by atoms with van der Waals surface area (Å²) < 4.78 is 31.7. The predicted octanol–water partition coefficient (Wildman–Crippen LogP) is 2.79. The highest BCUT2D eigenvalue weighted by Gasteiger charge is 2.38. The number of rotatable bonds is 3. The van der Waals surface area contributed by atoms with E-state index in [1.807, 2.05) is 12.1 Å². The average molecular weight is 419 g/mol. The number of alkyl halides is 3. The number of anilines is 1. The number of hydrogen-bond donors (Lipinski definition) is 2. The number of carboxylic acids is 1. The maximum atomic E-state index is 10.6. The van der Waals surface area contributed by atoms with Crippen molar-refractivity contribution in [1.29, 1.82) is 0 Å². The third kappa shape index (κ3) is 6.54. The summed E-state index contributed by atoms with van der Waals surface area (Å²) in [7, 11) is 0. The fraction of sp³-hybridized carbons (Fsp3) is 0.353. The molecule has 0 bridgehead atoms. The van der Waals surface area contributed by atoms with Crippen molar-refractivity contribution in [2.24, 2.45) is 0 Å². The van der Waals surface area contributed by atoms with Crippen LogP contribution in [-0.2, 0) is 11.3 Å². The summed E-state index contributed by atoms with van der Waals surface area (Å²) in [5, 5.41) is 17.7. The highest BCUT2D eigenvalue weighted by molar-refractivity contribution is 6.30. The van der Waals surface area contributed by atoms with Gasteiger partial charge in [0.2, 0.25) is 5.95 Å². The molecule has 7 nitrogen and oxygen atoms in total. The summed E-state index contributed by atoms with van der Waals surface area (Å²) in [6.45, 7) is 4.28. The van der Waals surface area contributed by atoms with Crippen LogP contribution in [0.25, 0.3) is 0 Å². The van der Waals surface area contributed by atoms with Crippen molar-refractivity contribution in [2.45, 2.75) is 12.7 Å². The third-order valence-electron chi connectivity index (χ3n) is 3.89. The monoisotopic (exact) mass is 418 g/mol. The molecule has 1 saturated heterocycles. The van der Waals surface area contributed by atoms with Crippen LogP contribution in [0.1, 0.15) is 5.56 Å². The van der Waals surface area contributed by atoms with Gasteiger partial charge in [-0.05, 0) is 24.3 Å². The molecule has 152 valence electrons. The van der Waals surface area contributed by atoms with Gasteiger partial charge in [0.05, 0.1) is 0 Å². The Hall–Kier alpha value is -2.59. The highest BCUT2D eigenvalue weighted by atomic mass is 35.5. The first-order valence-electron chi connectivity index (χ1n) is 8.18. The van der Waals surface area contributed by atoms with Crippen LogP contribution in [0, 0.1) is 0 Å². The number of aromatic hydroxyl groups is 1. The first-order valence-corrected chi connectivity index (χ1v) is 8.56. The second kappa shape index (κ2) is 9.56. The fourth-order valence-corrected chi connectivity index (χ4v) is 2.68. The number of aromatic nitrogens is 2. The summed E-state index contributed by atoms with van der Waals surface area (Å²) in [6, 6.07) is 6.99. The second-order valence-corrected chi connectivity index (χ2v) is 6.32. The van der Waals surface area contributed by atoms with E-state index in [1.54, 1.807) is 24.5 Å². The van der Waals surface area contributed by atoms with Crippen molar-refractivity contribution >= 4 is 23.5 Å². The SMILES string of the molecule is O=C(O)C(F)(F)F.Oc1ccc(Cl)cc1CN1CCN(c2ncccn2)CC1. The molecule has 3 rings (SSSR count). The van der Waals surface area contributed by atoms with E-state index < -0.39 is 12.1 Å². The number of aliphatic carboxylic acids is 1. The van der Waals surface area contributed by atoms with E-state index in [9.17, 15) is 18.3 Å². The molecule has 0 atom stereocenters. The molecule has 1 aliphatic heterocycles. The summed E-state index contributed by atoms with van der Waals surface area (Å²) in [6.07, 6.45) is -1.56. The third-order valence-corrected chi connectivity index (χ3v) is 4.12. The van der Waals surface area contributed by atoms with Crippen molar-refractivity contribution in [3.8, 4) is 5.75 Å². The minimum atomic E-state index is -5.08. The second-order valence-electron chi connectivity index (χ2n) is 5.89. The first kappa shape index (κ1) is 21.7. The van der Waals surface area contributed by atoms with Crippen LogP contribution in [0.2, 0.25) is 5.02 Å². The van der Waals surface area contributed by atoms with E-state index in [4.69, 9.17) is 21.5 Å². The maximum Gasteiger partial charge on any atom is 0.490 e. The number of phenolic OH excluding ortho intramolecular Hbond substituents is 1. The van der Waals surface area contributed by atoms with Crippen molar-refractivity contribution in [3.63, 3.8) is 0 Å². The number of nitrogens with zero attached hydrogens (tertiary/aromatic N) is 4. The number of phenols is 1. The molecule has 0 aliphatic carbocycles. The van der Waals surface area contributed by atoms with E-state index >= 15 is 0 Å². The Morgan fingerprint density at radius 1 is 1.14 bits per heavy atom.